The van der Waals surface area contributed by atoms with Crippen LogP contribution in [0.25, 0.3) is 5.57 Å². The monoisotopic (exact) mass is 190 g/mol. The summed E-state index contributed by atoms with van der Waals surface area (Å²) in [5.74, 6) is 0. The second kappa shape index (κ2) is 4.18. The maximum absolute atomic E-state index is 10.9. The summed E-state index contributed by atoms with van der Waals surface area (Å²) in [5, 5.41) is 0. The highest BCUT2D eigenvalue weighted by Crippen LogP contribution is 2.17. The predicted molar refractivity (Wildman–Crippen MR) is 59.1 cm³/mol. The second-order valence-corrected chi connectivity index (χ2v) is 3.71. The molecule has 0 spiro atoms. The molecular weight excluding hydrogens is 174 g/mol. The van der Waals surface area contributed by atoms with Gasteiger partial charge in [0.05, 0.1) is 0 Å². The lowest BCUT2D eigenvalue weighted by molar-refractivity contribution is -0.535. The van der Waals surface area contributed by atoms with Crippen LogP contribution in [0.4, 0.5) is 0 Å². The fourth-order valence-electron chi connectivity index (χ4n) is 1.35. The summed E-state index contributed by atoms with van der Waals surface area (Å²) in [6.07, 6.45) is 0. The Balaban J connectivity index is 3.08. The Labute approximate surface area is 84.8 Å². The van der Waals surface area contributed by atoms with Crippen LogP contribution in [0.3, 0.4) is 0 Å². The van der Waals surface area contributed by atoms with Gasteiger partial charge < -0.3 is 0 Å². The quantitative estimate of drug-likeness (QED) is 0.671. The third kappa shape index (κ3) is 2.52. The Kier molecular flexibility index (Phi) is 3.18. The Morgan fingerprint density at radius 3 is 2.64 bits per heavy atom. The molecule has 1 rings (SSSR count). The zero-order chi connectivity index (χ0) is 10.7. The van der Waals surface area contributed by atoms with E-state index in [0.717, 1.165) is 27.0 Å². The highest BCUT2D eigenvalue weighted by molar-refractivity contribution is 5.62. The van der Waals surface area contributed by atoms with Crippen LogP contribution in [-0.4, -0.2) is 11.8 Å². The summed E-state index contributed by atoms with van der Waals surface area (Å²) in [4.78, 5) is 10.9. The van der Waals surface area contributed by atoms with Crippen molar-refractivity contribution >= 4 is 5.57 Å². The minimum absolute atomic E-state index is 0.437. The number of aryl methyl sites for hydroxylation is 1. The molecule has 0 aliphatic carbocycles. The van der Waals surface area contributed by atoms with Crippen LogP contribution >= 0.6 is 0 Å². The van der Waals surface area contributed by atoms with Gasteiger partial charge in [-0.25, -0.2) is 0 Å². The van der Waals surface area contributed by atoms with Gasteiger partial charge in [0.2, 0.25) is 6.54 Å². The standard InChI is InChI=1S/C12H16NO/c1-9(2)11-6-5-10(3)12(7-11)8-13(4)14/h5-7H,1,8H2,2-4H3/q+1. The molecule has 1 aromatic rings. The van der Waals surface area contributed by atoms with Crippen molar-refractivity contribution in [3.8, 4) is 0 Å². The van der Waals surface area contributed by atoms with Gasteiger partial charge in [-0.05, 0) is 35.8 Å². The fourth-order valence-corrected chi connectivity index (χ4v) is 1.35. The van der Waals surface area contributed by atoms with E-state index in [9.17, 15) is 4.91 Å². The van der Waals surface area contributed by atoms with Crippen LogP contribution in [-0.2, 0) is 6.54 Å². The van der Waals surface area contributed by atoms with Crippen molar-refractivity contribution in [1.82, 2.24) is 0 Å². The molecule has 0 aliphatic heterocycles. The minimum atomic E-state index is 0.437. The summed E-state index contributed by atoms with van der Waals surface area (Å²) < 4.78 is 0.935. The molecule has 2 heteroatoms. The van der Waals surface area contributed by atoms with Crippen molar-refractivity contribution < 1.29 is 4.76 Å². The van der Waals surface area contributed by atoms with E-state index in [2.05, 4.69) is 6.58 Å². The number of nitrogens with zero attached hydrogens (tertiary/aromatic N) is 1. The molecule has 0 N–H and O–H groups in total. The maximum atomic E-state index is 10.9. The van der Waals surface area contributed by atoms with Gasteiger partial charge in [0.15, 0.2) is 7.05 Å². The zero-order valence-corrected chi connectivity index (χ0v) is 9.00. The normalized spacial score (nSPS) is 9.93. The van der Waals surface area contributed by atoms with Crippen molar-refractivity contribution in [2.45, 2.75) is 20.4 Å². The minimum Gasteiger partial charge on any atom is -0.0955 e. The average Bonchev–Trinajstić information content (AvgIpc) is 2.07. The molecule has 0 aliphatic rings. The number of allylic oxidation sites excluding steroid dienone is 1. The molecule has 74 valence electrons. The first-order chi connectivity index (χ1) is 6.50. The molecule has 0 radical (unpaired) electrons. The van der Waals surface area contributed by atoms with Crippen molar-refractivity contribution in [3.05, 3.63) is 46.4 Å². The maximum Gasteiger partial charge on any atom is 0.216 e. The Morgan fingerprint density at radius 2 is 2.14 bits per heavy atom. The van der Waals surface area contributed by atoms with E-state index in [1.54, 1.807) is 0 Å². The van der Waals surface area contributed by atoms with Crippen molar-refractivity contribution in [3.63, 3.8) is 0 Å². The Bertz CT molecular complexity index is 380. The van der Waals surface area contributed by atoms with E-state index in [1.807, 2.05) is 32.0 Å². The molecule has 0 fully saturated rings. The van der Waals surface area contributed by atoms with Crippen LogP contribution in [0.2, 0.25) is 0 Å². The molecule has 0 saturated carbocycles. The van der Waals surface area contributed by atoms with Gasteiger partial charge in [-0.3, -0.25) is 0 Å². The van der Waals surface area contributed by atoms with Gasteiger partial charge in [0.25, 0.3) is 0 Å². The van der Waals surface area contributed by atoms with Crippen LogP contribution in [0.5, 0.6) is 0 Å². The van der Waals surface area contributed by atoms with Gasteiger partial charge in [0, 0.05) is 10.5 Å². The molecule has 0 amide bonds. The molecule has 0 bridgehead atoms. The highest BCUT2D eigenvalue weighted by atomic mass is 16.3. The lowest BCUT2D eigenvalue weighted by Crippen LogP contribution is -2.02. The lowest BCUT2D eigenvalue weighted by atomic mass is 10.0. The summed E-state index contributed by atoms with van der Waals surface area (Å²) in [6, 6.07) is 6.10. The van der Waals surface area contributed by atoms with Gasteiger partial charge in [-0.1, -0.05) is 24.3 Å². The van der Waals surface area contributed by atoms with Crippen LogP contribution < -0.4 is 0 Å². The molecule has 0 unspecified atom stereocenters. The Morgan fingerprint density at radius 1 is 1.50 bits per heavy atom. The largest absolute Gasteiger partial charge is 0.216 e. The second-order valence-electron chi connectivity index (χ2n) is 3.71. The topological polar surface area (TPSA) is 20.1 Å². The fraction of sp³-hybridized carbons (Fsp3) is 0.333. The molecule has 0 atom stereocenters. The van der Waals surface area contributed by atoms with Gasteiger partial charge >= 0.3 is 0 Å². The molecule has 0 saturated heterocycles. The lowest BCUT2D eigenvalue weighted by Gasteiger charge is -2.04. The smallest absolute Gasteiger partial charge is 0.0955 e. The van der Waals surface area contributed by atoms with E-state index in [0.29, 0.717) is 6.54 Å². The predicted octanol–water partition coefficient (Wildman–Crippen LogP) is 2.94. The first-order valence-corrected chi connectivity index (χ1v) is 4.64. The first kappa shape index (κ1) is 10.6. The summed E-state index contributed by atoms with van der Waals surface area (Å²) in [5.41, 5.74) is 4.35. The van der Waals surface area contributed by atoms with E-state index in [4.69, 9.17) is 0 Å². The number of hydrogen-bond donors (Lipinski definition) is 0. The van der Waals surface area contributed by atoms with Crippen LogP contribution in [0, 0.1) is 11.8 Å². The molecule has 0 aromatic heterocycles. The van der Waals surface area contributed by atoms with Crippen LogP contribution in [0.1, 0.15) is 23.6 Å². The highest BCUT2D eigenvalue weighted by Gasteiger charge is 2.07. The number of rotatable bonds is 3. The number of benzene rings is 1. The zero-order valence-electron chi connectivity index (χ0n) is 9.00. The SMILES string of the molecule is C=C(C)c1ccc(C)c(C[N+](C)=O)c1. The third-order valence-electron chi connectivity index (χ3n) is 2.23. The third-order valence-corrected chi connectivity index (χ3v) is 2.23. The Hall–Kier alpha value is -1.44. The van der Waals surface area contributed by atoms with E-state index in [1.165, 1.54) is 7.05 Å². The van der Waals surface area contributed by atoms with Crippen molar-refractivity contribution in [2.24, 2.45) is 0 Å². The van der Waals surface area contributed by atoms with Crippen molar-refractivity contribution in [1.29, 1.82) is 0 Å². The first-order valence-electron chi connectivity index (χ1n) is 4.64. The van der Waals surface area contributed by atoms with E-state index < -0.39 is 0 Å². The number of hydrogen-bond acceptors (Lipinski definition) is 1. The van der Waals surface area contributed by atoms with Crippen LogP contribution in [0.15, 0.2) is 24.8 Å². The molecule has 14 heavy (non-hydrogen) atoms. The number of nitroso groups, excluding NO2 is 1. The van der Waals surface area contributed by atoms with Gasteiger partial charge in [0.1, 0.15) is 0 Å². The summed E-state index contributed by atoms with van der Waals surface area (Å²) >= 11 is 0. The van der Waals surface area contributed by atoms with E-state index >= 15 is 0 Å². The van der Waals surface area contributed by atoms with Gasteiger partial charge in [-0.15, -0.1) is 0 Å². The molecular formula is C12H16NO+. The molecule has 1 aromatic carbocycles. The summed E-state index contributed by atoms with van der Waals surface area (Å²) in [6.45, 7) is 8.30. The molecule has 2 nitrogen and oxygen atoms in total. The summed E-state index contributed by atoms with van der Waals surface area (Å²) in [7, 11) is 1.53. The molecule has 0 heterocycles. The van der Waals surface area contributed by atoms with Gasteiger partial charge in [-0.2, -0.15) is 0 Å². The van der Waals surface area contributed by atoms with Crippen molar-refractivity contribution in [2.75, 3.05) is 7.05 Å². The average molecular weight is 190 g/mol. The van der Waals surface area contributed by atoms with E-state index in [-0.39, 0.29) is 0 Å².